The van der Waals surface area contributed by atoms with Crippen molar-refractivity contribution in [1.82, 2.24) is 12.9 Å². The minimum Gasteiger partial charge on any atom is -0.490 e. The van der Waals surface area contributed by atoms with Gasteiger partial charge in [0.1, 0.15) is 12.4 Å². The van der Waals surface area contributed by atoms with Gasteiger partial charge in [0.25, 0.3) is 0 Å². The normalized spacial score (nSPS) is 19.5. The quantitative estimate of drug-likeness (QED) is 0.155. The summed E-state index contributed by atoms with van der Waals surface area (Å²) in [6.45, 7) is 4.99. The third-order valence-electron chi connectivity index (χ3n) is 9.34. The molecule has 3 heterocycles. The molecule has 4 aromatic rings. The van der Waals surface area contributed by atoms with Gasteiger partial charge in [-0.25, -0.2) is 25.3 Å². The van der Waals surface area contributed by atoms with Crippen molar-refractivity contribution in [3.63, 3.8) is 0 Å². The summed E-state index contributed by atoms with van der Waals surface area (Å²) in [7, 11) is -12.6. The maximum Gasteiger partial charge on any atom is 0.243 e. The topological polar surface area (TPSA) is 158 Å². The minimum atomic E-state index is -4.23. The van der Waals surface area contributed by atoms with Gasteiger partial charge in [-0.2, -0.15) is 12.9 Å². The van der Waals surface area contributed by atoms with E-state index in [0.29, 0.717) is 28.2 Å². The zero-order valence-electron chi connectivity index (χ0n) is 27.8. The molecule has 0 N–H and O–H groups in total. The fourth-order valence-electron chi connectivity index (χ4n) is 6.86. The monoisotopic (exact) mass is 751 g/mol. The summed E-state index contributed by atoms with van der Waals surface area (Å²) in [4.78, 5) is -0.375. The molecule has 272 valence electrons. The SMILES string of the molecule is CCCOCCOc1cc(S(=O)(=O)N2CCOCC2)c2ccc3c(S(=O)(=O)N4CCOCC4)cc(S(=O)(=O)N4CCOCC4)c4ccc1c2c43. The van der Waals surface area contributed by atoms with Crippen LogP contribution in [0.15, 0.2) is 51.1 Å². The molecule has 0 aliphatic carbocycles. The highest BCUT2D eigenvalue weighted by Gasteiger charge is 2.36. The Hall–Kier alpha value is -2.71. The van der Waals surface area contributed by atoms with E-state index in [-0.39, 0.29) is 123 Å². The molecule has 4 aromatic carbocycles. The lowest BCUT2D eigenvalue weighted by Crippen LogP contribution is -2.41. The van der Waals surface area contributed by atoms with Crippen LogP contribution >= 0.6 is 0 Å². The van der Waals surface area contributed by atoms with Crippen molar-refractivity contribution in [2.24, 2.45) is 0 Å². The second-order valence-corrected chi connectivity index (χ2v) is 18.0. The fraction of sp³-hybridized carbons (Fsp3) is 0.515. The van der Waals surface area contributed by atoms with E-state index < -0.39 is 30.1 Å². The molecule has 0 aromatic heterocycles. The maximum absolute atomic E-state index is 14.4. The molecule has 0 saturated carbocycles. The van der Waals surface area contributed by atoms with E-state index in [1.54, 1.807) is 24.3 Å². The Kier molecular flexibility index (Phi) is 10.3. The van der Waals surface area contributed by atoms with Gasteiger partial charge in [-0.05, 0) is 18.6 Å². The van der Waals surface area contributed by atoms with Crippen LogP contribution in [-0.4, -0.2) is 137 Å². The lowest BCUT2D eigenvalue weighted by molar-refractivity contribution is 0.0729. The molecule has 0 unspecified atom stereocenters. The summed E-state index contributed by atoms with van der Waals surface area (Å²) in [6.07, 6.45) is 0.825. The standard InChI is InChI=1S/C33H41N3O11S3/c1-2-13-43-20-21-47-28-22-29(48(37,38)34-7-14-44-15-8-34)25-5-6-27-31(50(41,42)36-11-18-46-19-12-36)23-30(26-4-3-24(28)32(25)33(26)27)49(39,40)35-9-16-45-17-10-35/h3-6,22-23H,2,7-21H2,1H3. The summed E-state index contributed by atoms with van der Waals surface area (Å²) >= 11 is 0. The van der Waals surface area contributed by atoms with Crippen molar-refractivity contribution in [3.05, 3.63) is 36.4 Å². The molecule has 3 aliphatic rings. The van der Waals surface area contributed by atoms with Crippen LogP contribution in [0.3, 0.4) is 0 Å². The molecular weight excluding hydrogens is 711 g/mol. The maximum atomic E-state index is 14.4. The number of hydrogen-bond donors (Lipinski definition) is 0. The average Bonchev–Trinajstić information content (AvgIpc) is 3.14. The molecule has 0 radical (unpaired) electrons. The Morgan fingerprint density at radius 1 is 0.540 bits per heavy atom. The number of benzene rings is 4. The van der Waals surface area contributed by atoms with E-state index >= 15 is 0 Å². The van der Waals surface area contributed by atoms with Gasteiger partial charge in [-0.3, -0.25) is 0 Å². The van der Waals surface area contributed by atoms with Gasteiger partial charge in [-0.15, -0.1) is 0 Å². The van der Waals surface area contributed by atoms with Gasteiger partial charge in [0, 0.05) is 84.3 Å². The highest BCUT2D eigenvalue weighted by molar-refractivity contribution is 7.90. The largest absolute Gasteiger partial charge is 0.490 e. The van der Waals surface area contributed by atoms with Crippen molar-refractivity contribution < 1.29 is 48.9 Å². The number of hydrogen-bond acceptors (Lipinski definition) is 11. The van der Waals surface area contributed by atoms with Gasteiger partial charge in [0.05, 0.1) is 60.9 Å². The van der Waals surface area contributed by atoms with Crippen LogP contribution in [0, 0.1) is 0 Å². The smallest absolute Gasteiger partial charge is 0.243 e. The van der Waals surface area contributed by atoms with E-state index in [1.165, 1.54) is 25.0 Å². The van der Waals surface area contributed by atoms with E-state index in [0.717, 1.165) is 6.42 Å². The Balaban J connectivity index is 1.54. The molecule has 3 saturated heterocycles. The van der Waals surface area contributed by atoms with Gasteiger partial charge in [0.15, 0.2) is 0 Å². The first-order chi connectivity index (χ1) is 24.1. The number of ether oxygens (including phenoxy) is 5. The van der Waals surface area contributed by atoms with E-state index in [1.807, 2.05) is 6.92 Å². The van der Waals surface area contributed by atoms with Gasteiger partial charge >= 0.3 is 0 Å². The Morgan fingerprint density at radius 3 is 1.34 bits per heavy atom. The van der Waals surface area contributed by atoms with Crippen molar-refractivity contribution in [1.29, 1.82) is 0 Å². The summed E-state index contributed by atoms with van der Waals surface area (Å²) in [6, 6.07) is 9.32. The van der Waals surface area contributed by atoms with Gasteiger partial charge < -0.3 is 23.7 Å². The fourth-order valence-corrected chi connectivity index (χ4v) is 11.8. The van der Waals surface area contributed by atoms with Crippen LogP contribution in [0.4, 0.5) is 0 Å². The second-order valence-electron chi connectivity index (χ2n) is 12.3. The summed E-state index contributed by atoms with van der Waals surface area (Å²) in [5.74, 6) is 0.262. The molecule has 0 spiro atoms. The van der Waals surface area contributed by atoms with Crippen molar-refractivity contribution >= 4 is 62.4 Å². The van der Waals surface area contributed by atoms with Crippen LogP contribution < -0.4 is 4.74 Å². The third kappa shape index (κ3) is 6.35. The highest BCUT2D eigenvalue weighted by Crippen LogP contribution is 2.46. The van der Waals surface area contributed by atoms with Crippen LogP contribution in [0.25, 0.3) is 32.3 Å². The van der Waals surface area contributed by atoms with Crippen molar-refractivity contribution in [2.75, 3.05) is 98.7 Å². The molecule has 3 fully saturated rings. The summed E-state index contributed by atoms with van der Waals surface area (Å²) in [5, 5.41) is 2.14. The van der Waals surface area contributed by atoms with Crippen molar-refractivity contribution in [3.8, 4) is 5.75 Å². The van der Waals surface area contributed by atoms with Crippen molar-refractivity contribution in [2.45, 2.75) is 28.0 Å². The molecule has 0 amide bonds. The second kappa shape index (κ2) is 14.4. The summed E-state index contributed by atoms with van der Waals surface area (Å²) in [5.41, 5.74) is 0. The molecular formula is C33H41N3O11S3. The lowest BCUT2D eigenvalue weighted by atomic mass is 9.93. The number of sulfonamides is 3. The van der Waals surface area contributed by atoms with Crippen LogP contribution in [0.2, 0.25) is 0 Å². The average molecular weight is 752 g/mol. The predicted octanol–water partition coefficient (Wildman–Crippen LogP) is 2.45. The zero-order chi connectivity index (χ0) is 35.1. The number of morpholine rings is 3. The predicted molar refractivity (Wildman–Crippen MR) is 185 cm³/mol. The Bertz CT molecular complexity index is 2130. The first-order valence-electron chi connectivity index (χ1n) is 16.8. The van der Waals surface area contributed by atoms with Crippen LogP contribution in [0.5, 0.6) is 5.75 Å². The Labute approximate surface area is 292 Å². The molecule has 17 heteroatoms. The van der Waals surface area contributed by atoms with Gasteiger partial charge in [-0.1, -0.05) is 25.1 Å². The van der Waals surface area contributed by atoms with Gasteiger partial charge in [0.2, 0.25) is 30.1 Å². The molecule has 0 bridgehead atoms. The van der Waals surface area contributed by atoms with E-state index in [4.69, 9.17) is 23.7 Å². The first kappa shape index (κ1) is 35.7. The Morgan fingerprint density at radius 2 is 0.920 bits per heavy atom. The first-order valence-corrected chi connectivity index (χ1v) is 21.1. The number of rotatable bonds is 12. The van der Waals surface area contributed by atoms with E-state index in [2.05, 4.69) is 0 Å². The third-order valence-corrected chi connectivity index (χ3v) is 15.2. The van der Waals surface area contributed by atoms with E-state index in [9.17, 15) is 25.3 Å². The highest BCUT2D eigenvalue weighted by atomic mass is 32.2. The number of nitrogens with zero attached hydrogens (tertiary/aromatic N) is 3. The molecule has 50 heavy (non-hydrogen) atoms. The minimum absolute atomic E-state index is 0.0233. The van der Waals surface area contributed by atoms with Crippen LogP contribution in [-0.2, 0) is 49.0 Å². The lowest BCUT2D eigenvalue weighted by Gasteiger charge is -2.30. The molecule has 3 aliphatic heterocycles. The molecule has 7 rings (SSSR count). The zero-order valence-corrected chi connectivity index (χ0v) is 30.3. The molecule has 0 atom stereocenters. The van der Waals surface area contributed by atoms with Crippen LogP contribution in [0.1, 0.15) is 13.3 Å². The molecule has 14 nitrogen and oxygen atoms in total. The summed E-state index contributed by atoms with van der Waals surface area (Å²) < 4.78 is 118.